The van der Waals surface area contributed by atoms with Crippen molar-refractivity contribution in [2.24, 2.45) is 0 Å². The highest BCUT2D eigenvalue weighted by Gasteiger charge is 2.28. The Kier molecular flexibility index (Phi) is 5.97. The van der Waals surface area contributed by atoms with Gasteiger partial charge in [0.05, 0.1) is 17.1 Å². The molecule has 0 aliphatic carbocycles. The van der Waals surface area contributed by atoms with E-state index >= 15 is 0 Å². The molecule has 0 bridgehead atoms. The van der Waals surface area contributed by atoms with Gasteiger partial charge in [-0.3, -0.25) is 14.5 Å². The van der Waals surface area contributed by atoms with Gasteiger partial charge >= 0.3 is 0 Å². The predicted molar refractivity (Wildman–Crippen MR) is 98.8 cm³/mol. The normalized spacial score (nSPS) is 22.1. The minimum absolute atomic E-state index is 0.0266. The maximum Gasteiger partial charge on any atom is 0.255 e. The van der Waals surface area contributed by atoms with Crippen LogP contribution in [0.25, 0.3) is 0 Å². The first kappa shape index (κ1) is 18.2. The lowest BCUT2D eigenvalue weighted by molar-refractivity contribution is -0.136. The number of hydrogen-bond acceptors (Lipinski definition) is 3. The summed E-state index contributed by atoms with van der Waals surface area (Å²) in [7, 11) is 0. The summed E-state index contributed by atoms with van der Waals surface area (Å²) in [6.45, 7) is 6.19. The van der Waals surface area contributed by atoms with Crippen LogP contribution in [0, 0.1) is 0 Å². The molecule has 0 aromatic heterocycles. The van der Waals surface area contributed by atoms with Crippen LogP contribution in [0.2, 0.25) is 5.02 Å². The average Bonchev–Trinajstić information content (AvgIpc) is 2.62. The molecule has 25 heavy (non-hydrogen) atoms. The second kappa shape index (κ2) is 8.19. The first-order valence-corrected chi connectivity index (χ1v) is 9.49. The summed E-state index contributed by atoms with van der Waals surface area (Å²) in [5, 5.41) is 0.490. The minimum atomic E-state index is -0.0266. The quantitative estimate of drug-likeness (QED) is 0.828. The van der Waals surface area contributed by atoms with Crippen molar-refractivity contribution in [2.75, 3.05) is 39.3 Å². The van der Waals surface area contributed by atoms with E-state index in [1.807, 2.05) is 21.9 Å². The van der Waals surface area contributed by atoms with Gasteiger partial charge in [0, 0.05) is 38.8 Å². The van der Waals surface area contributed by atoms with Crippen LogP contribution in [0.15, 0.2) is 24.3 Å². The zero-order chi connectivity index (χ0) is 17.8. The fourth-order valence-electron chi connectivity index (χ4n) is 3.66. The third kappa shape index (κ3) is 4.33. The number of rotatable bonds is 3. The Morgan fingerprint density at radius 1 is 1.08 bits per heavy atom. The Morgan fingerprint density at radius 3 is 2.48 bits per heavy atom. The molecule has 0 N–H and O–H groups in total. The SMILES string of the molecule is CC1CCCCN1C(=O)CN1CCN(C(=O)c2ccccc2Cl)CC1. The van der Waals surface area contributed by atoms with Crippen LogP contribution in [0.4, 0.5) is 0 Å². The number of piperazine rings is 1. The van der Waals surface area contributed by atoms with E-state index in [1.165, 1.54) is 6.42 Å². The van der Waals surface area contributed by atoms with E-state index < -0.39 is 0 Å². The zero-order valence-corrected chi connectivity index (χ0v) is 15.5. The fraction of sp³-hybridized carbons (Fsp3) is 0.579. The van der Waals surface area contributed by atoms with Crippen molar-refractivity contribution in [3.05, 3.63) is 34.9 Å². The summed E-state index contributed by atoms with van der Waals surface area (Å²) in [4.78, 5) is 31.1. The lowest BCUT2D eigenvalue weighted by atomic mass is 10.0. The molecule has 5 nitrogen and oxygen atoms in total. The van der Waals surface area contributed by atoms with Crippen molar-refractivity contribution in [1.29, 1.82) is 0 Å². The van der Waals surface area contributed by atoms with Gasteiger partial charge in [0.15, 0.2) is 0 Å². The molecule has 1 aromatic carbocycles. The van der Waals surface area contributed by atoms with E-state index in [0.29, 0.717) is 36.3 Å². The van der Waals surface area contributed by atoms with E-state index in [1.54, 1.807) is 12.1 Å². The molecular weight excluding hydrogens is 338 g/mol. The van der Waals surface area contributed by atoms with Gasteiger partial charge in [-0.25, -0.2) is 0 Å². The summed E-state index contributed by atoms with van der Waals surface area (Å²) in [6.07, 6.45) is 3.43. The van der Waals surface area contributed by atoms with Crippen LogP contribution in [0.5, 0.6) is 0 Å². The van der Waals surface area contributed by atoms with Crippen molar-refractivity contribution in [3.63, 3.8) is 0 Å². The number of likely N-dealkylation sites (tertiary alicyclic amines) is 1. The average molecular weight is 364 g/mol. The number of amides is 2. The second-order valence-electron chi connectivity index (χ2n) is 6.98. The largest absolute Gasteiger partial charge is 0.339 e. The first-order chi connectivity index (χ1) is 12.1. The van der Waals surface area contributed by atoms with E-state index in [-0.39, 0.29) is 11.8 Å². The van der Waals surface area contributed by atoms with Crippen molar-refractivity contribution < 1.29 is 9.59 Å². The van der Waals surface area contributed by atoms with E-state index in [9.17, 15) is 9.59 Å². The molecule has 2 fully saturated rings. The lowest BCUT2D eigenvalue weighted by Gasteiger charge is -2.38. The van der Waals surface area contributed by atoms with Gasteiger partial charge < -0.3 is 9.80 Å². The summed E-state index contributed by atoms with van der Waals surface area (Å²) >= 11 is 6.13. The Morgan fingerprint density at radius 2 is 1.80 bits per heavy atom. The third-order valence-corrected chi connectivity index (χ3v) is 5.58. The first-order valence-electron chi connectivity index (χ1n) is 9.12. The van der Waals surface area contributed by atoms with Gasteiger partial charge in [-0.15, -0.1) is 0 Å². The van der Waals surface area contributed by atoms with Crippen molar-refractivity contribution in [2.45, 2.75) is 32.2 Å². The van der Waals surface area contributed by atoms with Crippen LogP contribution in [0.3, 0.4) is 0 Å². The molecule has 6 heteroatoms. The molecule has 1 unspecified atom stereocenters. The minimum Gasteiger partial charge on any atom is -0.339 e. The number of benzene rings is 1. The molecule has 0 spiro atoms. The predicted octanol–water partition coefficient (Wildman–Crippen LogP) is 2.50. The maximum absolute atomic E-state index is 12.6. The molecule has 2 aliphatic rings. The number of carbonyl (C=O) groups excluding carboxylic acids is 2. The van der Waals surface area contributed by atoms with E-state index in [4.69, 9.17) is 11.6 Å². The van der Waals surface area contributed by atoms with E-state index in [2.05, 4.69) is 11.8 Å². The highest BCUT2D eigenvalue weighted by molar-refractivity contribution is 6.33. The highest BCUT2D eigenvalue weighted by atomic mass is 35.5. The van der Waals surface area contributed by atoms with Crippen LogP contribution in [-0.4, -0.2) is 71.8 Å². The van der Waals surface area contributed by atoms with Gasteiger partial charge in [-0.05, 0) is 38.3 Å². The Labute approximate surface area is 154 Å². The Balaban J connectivity index is 1.51. The lowest BCUT2D eigenvalue weighted by Crippen LogP contribution is -2.53. The maximum atomic E-state index is 12.6. The van der Waals surface area contributed by atoms with Gasteiger partial charge in [0.25, 0.3) is 5.91 Å². The smallest absolute Gasteiger partial charge is 0.255 e. The second-order valence-corrected chi connectivity index (χ2v) is 7.39. The summed E-state index contributed by atoms with van der Waals surface area (Å²) < 4.78 is 0. The number of nitrogens with zero attached hydrogens (tertiary/aromatic N) is 3. The topological polar surface area (TPSA) is 43.9 Å². The molecule has 0 radical (unpaired) electrons. The standard InChI is InChI=1S/C19H26ClN3O2/c1-15-6-4-5-9-23(15)18(24)14-21-10-12-22(13-11-21)19(25)16-7-2-3-8-17(16)20/h2-3,7-8,15H,4-6,9-14H2,1H3. The number of halogens is 1. The van der Waals surface area contributed by atoms with Gasteiger partial charge in [-0.2, -0.15) is 0 Å². The van der Waals surface area contributed by atoms with Crippen LogP contribution in [0.1, 0.15) is 36.5 Å². The molecule has 1 aromatic rings. The summed E-state index contributed by atoms with van der Waals surface area (Å²) in [5.41, 5.74) is 0.552. The van der Waals surface area contributed by atoms with Crippen LogP contribution in [-0.2, 0) is 4.79 Å². The van der Waals surface area contributed by atoms with Crippen molar-refractivity contribution in [3.8, 4) is 0 Å². The fourth-order valence-corrected chi connectivity index (χ4v) is 3.88. The van der Waals surface area contributed by atoms with Crippen LogP contribution >= 0.6 is 11.6 Å². The number of hydrogen-bond donors (Lipinski definition) is 0. The van der Waals surface area contributed by atoms with Crippen LogP contribution < -0.4 is 0 Å². The molecule has 2 saturated heterocycles. The molecule has 136 valence electrons. The molecule has 2 heterocycles. The number of piperidine rings is 1. The van der Waals surface area contributed by atoms with Gasteiger partial charge in [0.1, 0.15) is 0 Å². The summed E-state index contributed by atoms with van der Waals surface area (Å²) in [5.74, 6) is 0.194. The van der Waals surface area contributed by atoms with Gasteiger partial charge in [0.2, 0.25) is 5.91 Å². The van der Waals surface area contributed by atoms with E-state index in [0.717, 1.165) is 32.5 Å². The summed E-state index contributed by atoms with van der Waals surface area (Å²) in [6, 6.07) is 7.50. The highest BCUT2D eigenvalue weighted by Crippen LogP contribution is 2.19. The third-order valence-electron chi connectivity index (χ3n) is 5.25. The van der Waals surface area contributed by atoms with Crippen molar-refractivity contribution >= 4 is 23.4 Å². The Hall–Kier alpha value is -1.59. The molecule has 2 aliphatic heterocycles. The molecule has 0 saturated carbocycles. The molecule has 2 amide bonds. The molecular formula is C19H26ClN3O2. The molecule has 3 rings (SSSR count). The zero-order valence-electron chi connectivity index (χ0n) is 14.8. The number of carbonyl (C=O) groups is 2. The van der Waals surface area contributed by atoms with Gasteiger partial charge in [-0.1, -0.05) is 23.7 Å². The monoisotopic (exact) mass is 363 g/mol. The molecule has 1 atom stereocenters. The Bertz CT molecular complexity index is 629. The van der Waals surface area contributed by atoms with Crippen molar-refractivity contribution in [1.82, 2.24) is 14.7 Å².